The van der Waals surface area contributed by atoms with Gasteiger partial charge in [0.25, 0.3) is 0 Å². The van der Waals surface area contributed by atoms with Gasteiger partial charge in [-0.1, -0.05) is 59.6 Å². The van der Waals surface area contributed by atoms with Crippen molar-refractivity contribution in [3.63, 3.8) is 0 Å². The molecule has 2 aromatic rings. The molecule has 1 aliphatic heterocycles. The summed E-state index contributed by atoms with van der Waals surface area (Å²) < 4.78 is 32.3. The van der Waals surface area contributed by atoms with Crippen molar-refractivity contribution >= 4 is 39.1 Å². The van der Waals surface area contributed by atoms with Gasteiger partial charge in [-0.2, -0.15) is 4.31 Å². The van der Waals surface area contributed by atoms with Crippen LogP contribution in [0.3, 0.4) is 0 Å². The highest BCUT2D eigenvalue weighted by Gasteiger charge is 2.28. The standard InChI is InChI=1S/C21H24Cl2N2O4S/c22-18-8-4-9-19(21(18)23)29-15-5-10-20(26)24-11-13-25(14-12-24)30(27,28)16-17-6-2-1-3-7-17/h1-4,6-9H,5,10-16H2. The predicted molar refractivity (Wildman–Crippen MR) is 118 cm³/mol. The van der Waals surface area contributed by atoms with E-state index in [1.165, 1.54) is 4.31 Å². The van der Waals surface area contributed by atoms with Gasteiger partial charge in [0.2, 0.25) is 15.9 Å². The Labute approximate surface area is 187 Å². The lowest BCUT2D eigenvalue weighted by molar-refractivity contribution is -0.132. The average molecular weight is 471 g/mol. The summed E-state index contributed by atoms with van der Waals surface area (Å²) >= 11 is 12.0. The molecule has 1 amide bonds. The molecule has 0 bridgehead atoms. The van der Waals surface area contributed by atoms with E-state index >= 15 is 0 Å². The third-order valence-electron chi connectivity index (χ3n) is 4.89. The first-order valence-electron chi connectivity index (χ1n) is 9.73. The van der Waals surface area contributed by atoms with Gasteiger partial charge in [0, 0.05) is 32.6 Å². The van der Waals surface area contributed by atoms with Crippen LogP contribution in [0.2, 0.25) is 10.0 Å². The van der Waals surface area contributed by atoms with E-state index in [2.05, 4.69) is 0 Å². The quantitative estimate of drug-likeness (QED) is 0.549. The Balaban J connectivity index is 1.41. The lowest BCUT2D eigenvalue weighted by atomic mass is 10.2. The summed E-state index contributed by atoms with van der Waals surface area (Å²) in [5, 5.41) is 0.781. The summed E-state index contributed by atoms with van der Waals surface area (Å²) in [5.74, 6) is 0.468. The Morgan fingerprint density at radius 1 is 0.967 bits per heavy atom. The van der Waals surface area contributed by atoms with E-state index in [1.54, 1.807) is 35.2 Å². The Morgan fingerprint density at radius 3 is 2.37 bits per heavy atom. The van der Waals surface area contributed by atoms with Crippen molar-refractivity contribution in [2.24, 2.45) is 0 Å². The largest absolute Gasteiger partial charge is 0.492 e. The number of nitrogens with zero attached hydrogens (tertiary/aromatic N) is 2. The van der Waals surface area contributed by atoms with Crippen molar-refractivity contribution in [3.05, 3.63) is 64.1 Å². The number of amides is 1. The van der Waals surface area contributed by atoms with Crippen LogP contribution in [0.25, 0.3) is 0 Å². The molecule has 30 heavy (non-hydrogen) atoms. The Bertz CT molecular complexity index is 962. The normalized spacial score (nSPS) is 15.2. The number of hydrogen-bond acceptors (Lipinski definition) is 4. The monoisotopic (exact) mass is 470 g/mol. The molecule has 0 unspecified atom stereocenters. The molecule has 0 radical (unpaired) electrons. The van der Waals surface area contributed by atoms with Crippen molar-refractivity contribution < 1.29 is 17.9 Å². The van der Waals surface area contributed by atoms with E-state index < -0.39 is 10.0 Å². The van der Waals surface area contributed by atoms with Gasteiger partial charge in [0.15, 0.2) is 0 Å². The lowest BCUT2D eigenvalue weighted by Crippen LogP contribution is -2.50. The van der Waals surface area contributed by atoms with Crippen LogP contribution in [0.15, 0.2) is 48.5 Å². The molecule has 2 aromatic carbocycles. The first-order valence-corrected chi connectivity index (χ1v) is 12.1. The SMILES string of the molecule is O=C(CCCOc1cccc(Cl)c1Cl)N1CCN(S(=O)(=O)Cc2ccccc2)CC1. The van der Waals surface area contributed by atoms with Gasteiger partial charge in [-0.3, -0.25) is 4.79 Å². The summed E-state index contributed by atoms with van der Waals surface area (Å²) in [4.78, 5) is 14.1. The second-order valence-corrected chi connectivity index (χ2v) is 9.78. The molecule has 3 rings (SSSR count). The molecule has 0 aromatic heterocycles. The van der Waals surface area contributed by atoms with E-state index in [9.17, 15) is 13.2 Å². The van der Waals surface area contributed by atoms with Crippen LogP contribution in [-0.4, -0.2) is 56.3 Å². The zero-order valence-electron chi connectivity index (χ0n) is 16.5. The highest BCUT2D eigenvalue weighted by molar-refractivity contribution is 7.88. The van der Waals surface area contributed by atoms with Crippen molar-refractivity contribution in [2.45, 2.75) is 18.6 Å². The van der Waals surface area contributed by atoms with E-state index in [-0.39, 0.29) is 11.7 Å². The summed E-state index contributed by atoms with van der Waals surface area (Å²) in [6.45, 7) is 1.77. The molecule has 6 nitrogen and oxygen atoms in total. The van der Waals surface area contributed by atoms with E-state index in [0.29, 0.717) is 61.4 Å². The molecule has 1 fully saturated rings. The van der Waals surface area contributed by atoms with Gasteiger partial charge in [-0.25, -0.2) is 8.42 Å². The minimum absolute atomic E-state index is 0.00380. The fraction of sp³-hybridized carbons (Fsp3) is 0.381. The summed E-state index contributed by atoms with van der Waals surface area (Å²) in [6.07, 6.45) is 0.864. The van der Waals surface area contributed by atoms with Crippen LogP contribution >= 0.6 is 23.2 Å². The third-order valence-corrected chi connectivity index (χ3v) is 7.54. The van der Waals surface area contributed by atoms with Crippen LogP contribution < -0.4 is 4.74 Å². The van der Waals surface area contributed by atoms with Crippen LogP contribution in [0.5, 0.6) is 5.75 Å². The average Bonchev–Trinajstić information content (AvgIpc) is 2.74. The predicted octanol–water partition coefficient (Wildman–Crippen LogP) is 3.83. The third kappa shape index (κ3) is 6.11. The van der Waals surface area contributed by atoms with Gasteiger partial charge in [-0.05, 0) is 24.1 Å². The summed E-state index contributed by atoms with van der Waals surface area (Å²) in [5.41, 5.74) is 0.760. The minimum atomic E-state index is -3.39. The molecule has 162 valence electrons. The van der Waals surface area contributed by atoms with Gasteiger partial charge >= 0.3 is 0 Å². The molecule has 0 saturated carbocycles. The maximum Gasteiger partial charge on any atom is 0.222 e. The fourth-order valence-corrected chi connectivity index (χ4v) is 5.11. The molecule has 0 spiro atoms. The van der Waals surface area contributed by atoms with Gasteiger partial charge in [0.1, 0.15) is 10.8 Å². The molecular formula is C21H24Cl2N2O4S. The van der Waals surface area contributed by atoms with E-state index in [1.807, 2.05) is 18.2 Å². The van der Waals surface area contributed by atoms with Gasteiger partial charge in [0.05, 0.1) is 17.4 Å². The number of halogens is 2. The summed E-state index contributed by atoms with van der Waals surface area (Å²) in [7, 11) is -3.39. The second kappa shape index (κ2) is 10.5. The maximum absolute atomic E-state index is 12.6. The van der Waals surface area contributed by atoms with E-state index in [0.717, 1.165) is 5.56 Å². The molecule has 0 N–H and O–H groups in total. The Hall–Kier alpha value is -1.80. The smallest absolute Gasteiger partial charge is 0.222 e. The van der Waals surface area contributed by atoms with Crippen molar-refractivity contribution in [1.29, 1.82) is 0 Å². The van der Waals surface area contributed by atoms with Crippen molar-refractivity contribution in [3.8, 4) is 5.75 Å². The first-order chi connectivity index (χ1) is 14.4. The van der Waals surface area contributed by atoms with Crippen LogP contribution in [-0.2, 0) is 20.6 Å². The number of rotatable bonds is 8. The highest BCUT2D eigenvalue weighted by Crippen LogP contribution is 2.31. The first kappa shape index (κ1) is 22.9. The molecular weight excluding hydrogens is 447 g/mol. The zero-order valence-corrected chi connectivity index (χ0v) is 18.8. The van der Waals surface area contributed by atoms with Crippen LogP contribution in [0.4, 0.5) is 0 Å². The number of hydrogen-bond donors (Lipinski definition) is 0. The number of sulfonamides is 1. The topological polar surface area (TPSA) is 66.9 Å². The van der Waals surface area contributed by atoms with E-state index in [4.69, 9.17) is 27.9 Å². The number of ether oxygens (including phenoxy) is 1. The highest BCUT2D eigenvalue weighted by atomic mass is 35.5. The second-order valence-electron chi connectivity index (χ2n) is 7.03. The molecule has 0 atom stereocenters. The molecule has 9 heteroatoms. The number of piperazine rings is 1. The molecule has 1 heterocycles. The number of benzene rings is 2. The zero-order chi connectivity index (χ0) is 21.6. The van der Waals surface area contributed by atoms with Gasteiger partial charge in [-0.15, -0.1) is 0 Å². The van der Waals surface area contributed by atoms with Crippen molar-refractivity contribution in [2.75, 3.05) is 32.8 Å². The number of carbonyl (C=O) groups is 1. The molecule has 1 aliphatic rings. The molecule has 1 saturated heterocycles. The van der Waals surface area contributed by atoms with Crippen molar-refractivity contribution in [1.82, 2.24) is 9.21 Å². The number of carbonyl (C=O) groups excluding carboxylic acids is 1. The minimum Gasteiger partial charge on any atom is -0.492 e. The Kier molecular flexibility index (Phi) is 7.99. The van der Waals surface area contributed by atoms with Crippen LogP contribution in [0.1, 0.15) is 18.4 Å². The Morgan fingerprint density at radius 2 is 1.67 bits per heavy atom. The summed E-state index contributed by atoms with van der Waals surface area (Å²) in [6, 6.07) is 14.3. The van der Waals surface area contributed by atoms with Crippen LogP contribution in [0, 0.1) is 0 Å². The lowest BCUT2D eigenvalue weighted by Gasteiger charge is -2.34. The maximum atomic E-state index is 12.6. The fourth-order valence-electron chi connectivity index (χ4n) is 3.25. The van der Waals surface area contributed by atoms with Gasteiger partial charge < -0.3 is 9.64 Å². The molecule has 0 aliphatic carbocycles.